The number of nitrogen functional groups attached to an aromatic ring is 1. The van der Waals surface area contributed by atoms with Gasteiger partial charge in [0.2, 0.25) is 0 Å². The molecule has 0 amide bonds. The quantitative estimate of drug-likeness (QED) is 0.0565. The number of carbonyl (C=O) groups is 2. The highest BCUT2D eigenvalue weighted by Crippen LogP contribution is 2.45. The van der Waals surface area contributed by atoms with Gasteiger partial charge in [-0.3, -0.25) is 14.3 Å². The molecule has 0 fully saturated rings. The van der Waals surface area contributed by atoms with Crippen LogP contribution in [-0.2, 0) is 11.2 Å². The van der Waals surface area contributed by atoms with Crippen LogP contribution < -0.4 is 20.5 Å². The molecule has 0 aliphatic heterocycles. The van der Waals surface area contributed by atoms with Crippen molar-refractivity contribution in [3.63, 3.8) is 0 Å². The number of nitrogens with two attached hydrogens (primary N) is 1. The van der Waals surface area contributed by atoms with Gasteiger partial charge in [0, 0.05) is 33.1 Å². The second-order valence-corrected chi connectivity index (χ2v) is 12.5. The zero-order chi connectivity index (χ0) is 32.1. The minimum atomic E-state index is -0.325. The first-order chi connectivity index (χ1) is 21.7. The van der Waals surface area contributed by atoms with Gasteiger partial charge in [0.05, 0.1) is 48.0 Å². The average Bonchev–Trinajstić information content (AvgIpc) is 3.02. The molecular formula is C35H36BrN3O5S. The fraction of sp³-hybridized carbons (Fsp3) is 0.257. The average molecular weight is 691 g/mol. The number of aliphatic hydroxyl groups excluding tert-OH is 1. The number of fused-ring (bicyclic) bond motifs is 2. The summed E-state index contributed by atoms with van der Waals surface area (Å²) in [4.78, 5) is 28.9. The SMILES string of the molecule is CCCc1cccc(Oc2cc(Nc3c(Br)cc(C)c(SNCCOCCO)c3C)c3c(c2N)C(=O)c2ccccc2C3=O)c1. The predicted octanol–water partition coefficient (Wildman–Crippen LogP) is 7.52. The number of ketones is 2. The van der Waals surface area contributed by atoms with Gasteiger partial charge in [-0.25, -0.2) is 0 Å². The van der Waals surface area contributed by atoms with Crippen LogP contribution in [0, 0.1) is 13.8 Å². The molecule has 10 heteroatoms. The van der Waals surface area contributed by atoms with Crippen molar-refractivity contribution in [3.05, 3.63) is 104 Å². The second kappa shape index (κ2) is 14.6. The van der Waals surface area contributed by atoms with Crippen LogP contribution in [0.15, 0.2) is 70.0 Å². The number of carbonyl (C=O) groups excluding carboxylic acids is 2. The molecular weight excluding hydrogens is 654 g/mol. The summed E-state index contributed by atoms with van der Waals surface area (Å²) >= 11 is 5.19. The van der Waals surface area contributed by atoms with Crippen LogP contribution >= 0.6 is 27.9 Å². The van der Waals surface area contributed by atoms with Gasteiger partial charge in [-0.1, -0.05) is 49.7 Å². The van der Waals surface area contributed by atoms with E-state index >= 15 is 0 Å². The zero-order valence-corrected chi connectivity index (χ0v) is 27.9. The van der Waals surface area contributed by atoms with Crippen LogP contribution in [0.4, 0.5) is 17.1 Å². The maximum atomic E-state index is 14.0. The van der Waals surface area contributed by atoms with E-state index in [0.29, 0.717) is 42.3 Å². The normalized spacial score (nSPS) is 12.2. The van der Waals surface area contributed by atoms with E-state index < -0.39 is 0 Å². The fourth-order valence-electron chi connectivity index (χ4n) is 5.42. The van der Waals surface area contributed by atoms with E-state index in [2.05, 4.69) is 32.9 Å². The van der Waals surface area contributed by atoms with Crippen molar-refractivity contribution in [2.75, 3.05) is 37.4 Å². The highest BCUT2D eigenvalue weighted by Gasteiger charge is 2.35. The van der Waals surface area contributed by atoms with Crippen molar-refractivity contribution in [1.29, 1.82) is 0 Å². The number of aryl methyl sites for hydroxylation is 2. The summed E-state index contributed by atoms with van der Waals surface area (Å²) in [5.74, 6) is 0.264. The molecule has 1 aliphatic carbocycles. The van der Waals surface area contributed by atoms with Gasteiger partial charge in [-0.2, -0.15) is 0 Å². The molecule has 0 unspecified atom stereocenters. The standard InChI is InChI=1S/C35H36BrN3O5S/c1-4-8-22-9-7-10-23(18-22)44-28-19-27(29-30(31(28)37)34(42)25-12-6-5-11-24(25)33(29)41)39-32-21(3)35(20(2)17-26(32)36)45-38-13-15-43-16-14-40/h5-7,9-12,17-19,38-40H,4,8,13-16,37H2,1-3H3. The third-order valence-electron chi connectivity index (χ3n) is 7.54. The lowest BCUT2D eigenvalue weighted by atomic mass is 9.82. The third kappa shape index (κ3) is 6.95. The maximum absolute atomic E-state index is 14.0. The fourth-order valence-corrected chi connectivity index (χ4v) is 6.97. The molecule has 5 N–H and O–H groups in total. The third-order valence-corrected chi connectivity index (χ3v) is 9.34. The summed E-state index contributed by atoms with van der Waals surface area (Å²) in [6.07, 6.45) is 1.89. The molecule has 0 radical (unpaired) electrons. The Morgan fingerprint density at radius 1 is 0.956 bits per heavy atom. The lowest BCUT2D eigenvalue weighted by Gasteiger charge is -2.25. The molecule has 5 rings (SSSR count). The molecule has 1 aliphatic rings. The number of nitrogens with one attached hydrogen (secondary N) is 2. The maximum Gasteiger partial charge on any atom is 0.196 e. The highest BCUT2D eigenvalue weighted by atomic mass is 79.9. The summed E-state index contributed by atoms with van der Waals surface area (Å²) in [7, 11) is 0. The van der Waals surface area contributed by atoms with Crippen molar-refractivity contribution in [3.8, 4) is 11.5 Å². The monoisotopic (exact) mass is 689 g/mol. The summed E-state index contributed by atoms with van der Waals surface area (Å²) in [6, 6.07) is 18.3. The van der Waals surface area contributed by atoms with E-state index in [1.165, 1.54) is 11.9 Å². The summed E-state index contributed by atoms with van der Waals surface area (Å²) in [5.41, 5.74) is 12.0. The first-order valence-corrected chi connectivity index (χ1v) is 16.4. The Kier molecular flexibility index (Phi) is 10.6. The Hall–Kier alpha value is -3.67. The molecule has 0 spiro atoms. The van der Waals surface area contributed by atoms with E-state index in [9.17, 15) is 9.59 Å². The number of aliphatic hydroxyl groups is 1. The Balaban J connectivity index is 1.58. The Morgan fingerprint density at radius 3 is 2.40 bits per heavy atom. The zero-order valence-electron chi connectivity index (χ0n) is 25.5. The van der Waals surface area contributed by atoms with Crippen LogP contribution in [0.2, 0.25) is 0 Å². The molecule has 4 aromatic carbocycles. The summed E-state index contributed by atoms with van der Waals surface area (Å²) in [5, 5.41) is 12.4. The summed E-state index contributed by atoms with van der Waals surface area (Å²) in [6.45, 7) is 7.47. The number of ether oxygens (including phenoxy) is 2. The van der Waals surface area contributed by atoms with Gasteiger partial charge in [0.15, 0.2) is 17.3 Å². The summed E-state index contributed by atoms with van der Waals surface area (Å²) < 4.78 is 15.8. The van der Waals surface area contributed by atoms with E-state index in [0.717, 1.165) is 44.6 Å². The predicted molar refractivity (Wildman–Crippen MR) is 183 cm³/mol. The number of hydrogen-bond acceptors (Lipinski definition) is 9. The van der Waals surface area contributed by atoms with E-state index in [1.54, 1.807) is 30.3 Å². The van der Waals surface area contributed by atoms with Crippen LogP contribution in [0.5, 0.6) is 11.5 Å². The van der Waals surface area contributed by atoms with Crippen LogP contribution in [-0.4, -0.2) is 43.0 Å². The molecule has 0 heterocycles. The van der Waals surface area contributed by atoms with E-state index in [4.69, 9.17) is 20.3 Å². The number of rotatable bonds is 13. The Labute approximate surface area is 276 Å². The lowest BCUT2D eigenvalue weighted by molar-refractivity contribution is 0.0964. The second-order valence-electron chi connectivity index (χ2n) is 10.8. The van der Waals surface area contributed by atoms with Gasteiger partial charge in [0.25, 0.3) is 0 Å². The van der Waals surface area contributed by atoms with Crippen LogP contribution in [0.3, 0.4) is 0 Å². The van der Waals surface area contributed by atoms with Gasteiger partial charge in [-0.15, -0.1) is 0 Å². The molecule has 0 aromatic heterocycles. The minimum Gasteiger partial charge on any atom is -0.455 e. The van der Waals surface area contributed by atoms with Crippen LogP contribution in [0.1, 0.15) is 61.9 Å². The molecule has 0 atom stereocenters. The molecule has 45 heavy (non-hydrogen) atoms. The number of halogens is 1. The van der Waals surface area contributed by atoms with E-state index in [-0.39, 0.29) is 40.7 Å². The minimum absolute atomic E-state index is 0.0143. The molecule has 0 saturated heterocycles. The largest absolute Gasteiger partial charge is 0.455 e. The van der Waals surface area contributed by atoms with Crippen molar-refractivity contribution >= 4 is 56.5 Å². The number of anilines is 3. The van der Waals surface area contributed by atoms with Crippen molar-refractivity contribution in [2.24, 2.45) is 0 Å². The van der Waals surface area contributed by atoms with Gasteiger partial charge >= 0.3 is 0 Å². The van der Waals surface area contributed by atoms with Gasteiger partial charge < -0.3 is 25.6 Å². The van der Waals surface area contributed by atoms with Gasteiger partial charge in [0.1, 0.15) is 5.75 Å². The van der Waals surface area contributed by atoms with Gasteiger partial charge in [-0.05, 0) is 83.0 Å². The first-order valence-electron chi connectivity index (χ1n) is 14.8. The van der Waals surface area contributed by atoms with Crippen molar-refractivity contribution < 1.29 is 24.2 Å². The number of hydrogen-bond donors (Lipinski definition) is 4. The van der Waals surface area contributed by atoms with Crippen molar-refractivity contribution in [1.82, 2.24) is 4.72 Å². The highest BCUT2D eigenvalue weighted by molar-refractivity contribution is 9.10. The topological polar surface area (TPSA) is 123 Å². The van der Waals surface area contributed by atoms with E-state index in [1.807, 2.05) is 44.2 Å². The number of benzene rings is 4. The smallest absolute Gasteiger partial charge is 0.196 e. The molecule has 0 saturated carbocycles. The molecule has 234 valence electrons. The van der Waals surface area contributed by atoms with Crippen LogP contribution in [0.25, 0.3) is 0 Å². The molecule has 4 aromatic rings. The molecule has 8 nitrogen and oxygen atoms in total. The van der Waals surface area contributed by atoms with Crippen molar-refractivity contribution in [2.45, 2.75) is 38.5 Å². The Morgan fingerprint density at radius 2 is 1.69 bits per heavy atom. The first kappa shape index (κ1) is 32.7. The Bertz CT molecular complexity index is 1760. The lowest BCUT2D eigenvalue weighted by Crippen LogP contribution is -2.24. The molecule has 0 bridgehead atoms.